The van der Waals surface area contributed by atoms with Crippen molar-refractivity contribution in [2.75, 3.05) is 6.61 Å². The molecule has 0 bridgehead atoms. The molecular formula is C24H29NO5S. The van der Waals surface area contributed by atoms with E-state index >= 15 is 0 Å². The normalized spacial score (nSPS) is 12.5. The fourth-order valence-electron chi connectivity index (χ4n) is 2.92. The zero-order chi connectivity index (χ0) is 22.9. The first-order chi connectivity index (χ1) is 14.8. The van der Waals surface area contributed by atoms with Crippen LogP contribution in [0, 0.1) is 6.92 Å². The van der Waals surface area contributed by atoms with Crippen molar-refractivity contribution in [1.82, 2.24) is 4.31 Å². The maximum atomic E-state index is 13.4. The second-order valence-corrected chi connectivity index (χ2v) is 9.03. The molecule has 0 aliphatic rings. The molecule has 0 saturated carbocycles. The highest BCUT2D eigenvalue weighted by Gasteiger charge is 2.25. The number of hydrogen-bond donors (Lipinski definition) is 1. The predicted molar refractivity (Wildman–Crippen MR) is 122 cm³/mol. The summed E-state index contributed by atoms with van der Waals surface area (Å²) in [4.78, 5) is 11.0. The number of rotatable bonds is 11. The van der Waals surface area contributed by atoms with Gasteiger partial charge in [-0.2, -0.15) is 4.31 Å². The molecule has 0 aromatic heterocycles. The highest BCUT2D eigenvalue weighted by molar-refractivity contribution is 7.93. The minimum absolute atomic E-state index is 0.123. The highest BCUT2D eigenvalue weighted by atomic mass is 32.2. The van der Waals surface area contributed by atoms with Gasteiger partial charge >= 0.3 is 5.97 Å². The van der Waals surface area contributed by atoms with Gasteiger partial charge < -0.3 is 9.84 Å². The van der Waals surface area contributed by atoms with E-state index in [4.69, 9.17) is 9.84 Å². The predicted octanol–water partition coefficient (Wildman–Crippen LogP) is 4.66. The summed E-state index contributed by atoms with van der Waals surface area (Å²) in [6.45, 7) is 5.51. The quantitative estimate of drug-likeness (QED) is 0.511. The Labute approximate surface area is 184 Å². The van der Waals surface area contributed by atoms with Gasteiger partial charge in [-0.05, 0) is 49.6 Å². The van der Waals surface area contributed by atoms with Crippen LogP contribution in [0.2, 0.25) is 0 Å². The average Bonchev–Trinajstić information content (AvgIpc) is 2.74. The maximum absolute atomic E-state index is 13.4. The van der Waals surface area contributed by atoms with Gasteiger partial charge in [0.25, 0.3) is 0 Å². The van der Waals surface area contributed by atoms with Crippen molar-refractivity contribution < 1.29 is 23.1 Å². The van der Waals surface area contributed by atoms with E-state index in [1.807, 2.05) is 44.2 Å². The summed E-state index contributed by atoms with van der Waals surface area (Å²) < 4.78 is 33.5. The molecule has 1 N–H and O–H groups in total. The number of carbonyl (C=O) groups is 1. The van der Waals surface area contributed by atoms with Gasteiger partial charge in [0.15, 0.2) is 6.61 Å². The van der Waals surface area contributed by atoms with E-state index < -0.39 is 22.6 Å². The van der Waals surface area contributed by atoms with Crippen LogP contribution in [0.5, 0.6) is 5.75 Å². The first kappa shape index (κ1) is 24.4. The van der Waals surface area contributed by atoms with E-state index in [1.165, 1.54) is 4.31 Å². The average molecular weight is 444 g/mol. The maximum Gasteiger partial charge on any atom is 0.341 e. The first-order valence-corrected chi connectivity index (χ1v) is 11.5. The highest BCUT2D eigenvalue weighted by Crippen LogP contribution is 2.23. The zero-order valence-corrected chi connectivity index (χ0v) is 18.9. The van der Waals surface area contributed by atoms with Crippen LogP contribution in [0.3, 0.4) is 0 Å². The van der Waals surface area contributed by atoms with Crippen molar-refractivity contribution in [3.63, 3.8) is 0 Å². The Balaban J connectivity index is 2.37. The third-order valence-electron chi connectivity index (χ3n) is 4.54. The monoisotopic (exact) mass is 443 g/mol. The molecule has 0 radical (unpaired) electrons. The molecule has 2 aromatic carbocycles. The van der Waals surface area contributed by atoms with Crippen molar-refractivity contribution in [3.05, 3.63) is 88.4 Å². The third-order valence-corrected chi connectivity index (χ3v) is 6.44. The molecule has 7 heteroatoms. The standard InChI is InChI=1S/C24H29NO5S/c1-4-6-10-23(5-2)31(28,29)25(16-20-13-11-19(3)12-14-20)17-21-8-7-9-22(15-21)30-18-24(26)27/h5-15H,4,16-18H2,1-3H3,(H,26,27)/b10-6-,23-5+. The minimum Gasteiger partial charge on any atom is -0.482 e. The lowest BCUT2D eigenvalue weighted by molar-refractivity contribution is -0.139. The van der Waals surface area contributed by atoms with Crippen LogP contribution in [0.1, 0.15) is 37.0 Å². The van der Waals surface area contributed by atoms with Gasteiger partial charge in [0.05, 0.1) is 4.91 Å². The van der Waals surface area contributed by atoms with Crippen molar-refractivity contribution in [2.24, 2.45) is 0 Å². The SMILES string of the molecule is C/C=C(\C=C/CC)S(=O)(=O)N(Cc1ccc(C)cc1)Cc1cccc(OCC(=O)O)c1. The molecule has 2 aromatic rings. The van der Waals surface area contributed by atoms with E-state index in [0.29, 0.717) is 11.3 Å². The van der Waals surface area contributed by atoms with E-state index in [1.54, 1.807) is 43.3 Å². The Hall–Kier alpha value is -2.90. The Morgan fingerprint density at radius 1 is 1.10 bits per heavy atom. The number of nitrogens with zero attached hydrogens (tertiary/aromatic N) is 1. The van der Waals surface area contributed by atoms with Gasteiger partial charge in [-0.15, -0.1) is 0 Å². The minimum atomic E-state index is -3.76. The molecular weight excluding hydrogens is 414 g/mol. The summed E-state index contributed by atoms with van der Waals surface area (Å²) in [5.41, 5.74) is 2.68. The number of benzene rings is 2. The van der Waals surface area contributed by atoms with Crippen molar-refractivity contribution >= 4 is 16.0 Å². The molecule has 166 valence electrons. The molecule has 0 saturated heterocycles. The van der Waals surface area contributed by atoms with Crippen LogP contribution < -0.4 is 4.74 Å². The summed E-state index contributed by atoms with van der Waals surface area (Å²) >= 11 is 0. The lowest BCUT2D eigenvalue weighted by Crippen LogP contribution is -2.31. The van der Waals surface area contributed by atoms with Crippen LogP contribution in [-0.4, -0.2) is 30.4 Å². The number of allylic oxidation sites excluding steroid dienone is 3. The molecule has 0 amide bonds. The number of aryl methyl sites for hydroxylation is 1. The molecule has 0 aliphatic heterocycles. The van der Waals surface area contributed by atoms with E-state index in [9.17, 15) is 13.2 Å². The molecule has 2 rings (SSSR count). The van der Waals surface area contributed by atoms with Crippen molar-refractivity contribution in [2.45, 2.75) is 40.3 Å². The fourth-order valence-corrected chi connectivity index (χ4v) is 4.42. The lowest BCUT2D eigenvalue weighted by Gasteiger charge is -2.23. The molecule has 6 nitrogen and oxygen atoms in total. The molecule has 0 fully saturated rings. The molecule has 0 aliphatic carbocycles. The smallest absolute Gasteiger partial charge is 0.341 e. The molecule has 0 atom stereocenters. The van der Waals surface area contributed by atoms with Crippen LogP contribution >= 0.6 is 0 Å². The van der Waals surface area contributed by atoms with E-state index in [-0.39, 0.29) is 18.0 Å². The number of carboxylic acids is 1. The van der Waals surface area contributed by atoms with Gasteiger partial charge in [0, 0.05) is 13.1 Å². The first-order valence-electron chi connectivity index (χ1n) is 10.1. The number of carboxylic acid groups (broad SMARTS) is 1. The van der Waals surface area contributed by atoms with E-state index in [2.05, 4.69) is 0 Å². The van der Waals surface area contributed by atoms with Gasteiger partial charge in [0.2, 0.25) is 10.0 Å². The Morgan fingerprint density at radius 2 is 1.77 bits per heavy atom. The van der Waals surface area contributed by atoms with E-state index in [0.717, 1.165) is 17.5 Å². The van der Waals surface area contributed by atoms with Gasteiger partial charge in [-0.1, -0.05) is 61.0 Å². The van der Waals surface area contributed by atoms with Crippen molar-refractivity contribution in [3.8, 4) is 5.75 Å². The lowest BCUT2D eigenvalue weighted by atomic mass is 10.1. The summed E-state index contributed by atoms with van der Waals surface area (Å²) in [6.07, 6.45) is 5.77. The fraction of sp³-hybridized carbons (Fsp3) is 0.292. The molecule has 0 unspecified atom stereocenters. The van der Waals surface area contributed by atoms with Gasteiger partial charge in [-0.25, -0.2) is 13.2 Å². The Morgan fingerprint density at radius 3 is 2.39 bits per heavy atom. The molecule has 31 heavy (non-hydrogen) atoms. The molecule has 0 heterocycles. The summed E-state index contributed by atoms with van der Waals surface area (Å²) in [5, 5.41) is 8.81. The molecule has 0 spiro atoms. The summed E-state index contributed by atoms with van der Waals surface area (Å²) in [7, 11) is -3.76. The Kier molecular flexibility index (Phi) is 9.03. The number of aliphatic carboxylic acids is 1. The van der Waals surface area contributed by atoms with Crippen molar-refractivity contribution in [1.29, 1.82) is 0 Å². The van der Waals surface area contributed by atoms with Crippen LogP contribution in [-0.2, 0) is 27.9 Å². The second-order valence-electron chi connectivity index (χ2n) is 7.09. The second kappa shape index (κ2) is 11.5. The number of ether oxygens (including phenoxy) is 1. The van der Waals surface area contributed by atoms with Gasteiger partial charge in [-0.3, -0.25) is 0 Å². The number of hydrogen-bond acceptors (Lipinski definition) is 4. The van der Waals surface area contributed by atoms with Crippen LogP contribution in [0.4, 0.5) is 0 Å². The van der Waals surface area contributed by atoms with Crippen LogP contribution in [0.25, 0.3) is 0 Å². The zero-order valence-electron chi connectivity index (χ0n) is 18.1. The summed E-state index contributed by atoms with van der Waals surface area (Å²) in [5.74, 6) is -0.695. The van der Waals surface area contributed by atoms with Crippen LogP contribution in [0.15, 0.2) is 71.7 Å². The topological polar surface area (TPSA) is 83.9 Å². The Bertz CT molecular complexity index is 1040. The summed E-state index contributed by atoms with van der Waals surface area (Å²) in [6, 6.07) is 14.6. The number of sulfonamides is 1. The third kappa shape index (κ3) is 7.38. The largest absolute Gasteiger partial charge is 0.482 e. The van der Waals surface area contributed by atoms with Gasteiger partial charge in [0.1, 0.15) is 5.75 Å².